The van der Waals surface area contributed by atoms with Gasteiger partial charge in [0.05, 0.1) is 0 Å². The second-order valence-electron chi connectivity index (χ2n) is 7.93. The van der Waals surface area contributed by atoms with Crippen LogP contribution in [0.3, 0.4) is 0 Å². The first-order valence-corrected chi connectivity index (χ1v) is 10.4. The molecule has 0 amide bonds. The zero-order chi connectivity index (χ0) is 20.8. The van der Waals surface area contributed by atoms with Crippen molar-refractivity contribution in [2.24, 2.45) is 0 Å². The van der Waals surface area contributed by atoms with Crippen LogP contribution < -0.4 is 0 Å². The van der Waals surface area contributed by atoms with Gasteiger partial charge in [0.2, 0.25) is 0 Å². The number of benzene rings is 4. The highest BCUT2D eigenvalue weighted by molar-refractivity contribution is 5.65. The van der Waals surface area contributed by atoms with E-state index in [4.69, 9.17) is 0 Å². The molecule has 1 aliphatic rings. The molecule has 0 aromatic heterocycles. The molecule has 1 aliphatic carbocycles. The molecule has 5 rings (SSSR count). The van der Waals surface area contributed by atoms with E-state index < -0.39 is 11.2 Å². The molecule has 2 atom stereocenters. The average Bonchev–Trinajstić information content (AvgIpc) is 2.83. The van der Waals surface area contributed by atoms with Crippen LogP contribution in [0.1, 0.15) is 45.9 Å². The van der Waals surface area contributed by atoms with E-state index in [2.05, 4.69) is 6.92 Å². The Morgan fingerprint density at radius 3 is 1.47 bits per heavy atom. The van der Waals surface area contributed by atoms with Crippen molar-refractivity contribution in [1.82, 2.24) is 0 Å². The summed E-state index contributed by atoms with van der Waals surface area (Å²) < 4.78 is 0. The third kappa shape index (κ3) is 2.51. The molecule has 4 aromatic carbocycles. The number of aliphatic hydroxyl groups is 2. The molecule has 0 heterocycles. The predicted molar refractivity (Wildman–Crippen MR) is 119 cm³/mol. The fourth-order valence-corrected chi connectivity index (χ4v) is 4.81. The van der Waals surface area contributed by atoms with E-state index in [-0.39, 0.29) is 0 Å². The van der Waals surface area contributed by atoms with Crippen molar-refractivity contribution in [1.29, 1.82) is 0 Å². The highest BCUT2D eigenvalue weighted by Crippen LogP contribution is 2.53. The van der Waals surface area contributed by atoms with Crippen molar-refractivity contribution < 1.29 is 10.2 Å². The third-order valence-electron chi connectivity index (χ3n) is 6.36. The van der Waals surface area contributed by atoms with Gasteiger partial charge < -0.3 is 10.2 Å². The van der Waals surface area contributed by atoms with Crippen LogP contribution in [-0.4, -0.2) is 10.2 Å². The van der Waals surface area contributed by atoms with Gasteiger partial charge in [-0.2, -0.15) is 0 Å². The standard InChI is InChI=1S/C28H24O2/c1-2-20-17-18-25-26(19-20)28(30,22-13-7-4-8-14-22)24-16-10-9-15-23(24)27(25,29)21-11-5-3-6-12-21/h3-19,29-30H,2H2,1H3/t27-,28+/m1/s1. The summed E-state index contributed by atoms with van der Waals surface area (Å²) in [4.78, 5) is 0. The van der Waals surface area contributed by atoms with E-state index in [0.717, 1.165) is 34.2 Å². The highest BCUT2D eigenvalue weighted by atomic mass is 16.3. The Kier molecular flexibility index (Phi) is 4.35. The molecule has 0 unspecified atom stereocenters. The lowest BCUT2D eigenvalue weighted by molar-refractivity contribution is 0.0747. The minimum atomic E-state index is -1.35. The van der Waals surface area contributed by atoms with Gasteiger partial charge in [0.15, 0.2) is 0 Å². The van der Waals surface area contributed by atoms with Crippen LogP contribution in [-0.2, 0) is 17.6 Å². The molecule has 2 nitrogen and oxygen atoms in total. The van der Waals surface area contributed by atoms with Gasteiger partial charge in [-0.05, 0) is 45.4 Å². The second-order valence-corrected chi connectivity index (χ2v) is 7.93. The van der Waals surface area contributed by atoms with Gasteiger partial charge in [0.1, 0.15) is 11.2 Å². The lowest BCUT2D eigenvalue weighted by Gasteiger charge is -2.45. The van der Waals surface area contributed by atoms with Crippen LogP contribution in [0.2, 0.25) is 0 Å². The van der Waals surface area contributed by atoms with Crippen molar-refractivity contribution in [3.8, 4) is 0 Å². The summed E-state index contributed by atoms with van der Waals surface area (Å²) in [7, 11) is 0. The fourth-order valence-electron chi connectivity index (χ4n) is 4.81. The maximum Gasteiger partial charge on any atom is 0.141 e. The Labute approximate surface area is 177 Å². The second kappa shape index (κ2) is 6.94. The van der Waals surface area contributed by atoms with Crippen molar-refractivity contribution in [2.75, 3.05) is 0 Å². The minimum Gasteiger partial charge on any atom is -0.376 e. The van der Waals surface area contributed by atoms with Gasteiger partial charge >= 0.3 is 0 Å². The van der Waals surface area contributed by atoms with Crippen molar-refractivity contribution in [2.45, 2.75) is 24.5 Å². The quantitative estimate of drug-likeness (QED) is 0.507. The predicted octanol–water partition coefficient (Wildman–Crippen LogP) is 5.13. The number of hydrogen-bond acceptors (Lipinski definition) is 2. The van der Waals surface area contributed by atoms with E-state index >= 15 is 0 Å². The molecule has 0 saturated heterocycles. The normalized spacial score (nSPS) is 22.2. The fraction of sp³-hybridized carbons (Fsp3) is 0.143. The zero-order valence-corrected chi connectivity index (χ0v) is 16.9. The molecular weight excluding hydrogens is 368 g/mol. The average molecular weight is 392 g/mol. The van der Waals surface area contributed by atoms with E-state index in [1.54, 1.807) is 0 Å². The maximum absolute atomic E-state index is 12.3. The van der Waals surface area contributed by atoms with E-state index in [0.29, 0.717) is 11.1 Å². The number of fused-ring (bicyclic) bond motifs is 2. The van der Waals surface area contributed by atoms with Crippen molar-refractivity contribution >= 4 is 0 Å². The molecule has 0 bridgehead atoms. The topological polar surface area (TPSA) is 40.5 Å². The number of aryl methyl sites for hydroxylation is 1. The molecule has 4 aromatic rings. The Morgan fingerprint density at radius 2 is 0.967 bits per heavy atom. The Bertz CT molecular complexity index is 1200. The van der Waals surface area contributed by atoms with Gasteiger partial charge in [0.25, 0.3) is 0 Å². The van der Waals surface area contributed by atoms with Crippen LogP contribution in [0.4, 0.5) is 0 Å². The minimum absolute atomic E-state index is 0.708. The number of rotatable bonds is 3. The SMILES string of the molecule is CCc1ccc2c(c1)[C@](O)(c1ccccc1)c1ccccc1[C@]2(O)c1ccccc1. The van der Waals surface area contributed by atoms with E-state index in [1.165, 1.54) is 0 Å². The molecular formula is C28H24O2. The Hall–Kier alpha value is -3.20. The molecule has 30 heavy (non-hydrogen) atoms. The molecule has 2 heteroatoms. The van der Waals surface area contributed by atoms with Crippen molar-refractivity contribution in [3.05, 3.63) is 142 Å². The molecule has 0 fully saturated rings. The van der Waals surface area contributed by atoms with Crippen LogP contribution in [0.15, 0.2) is 103 Å². The monoisotopic (exact) mass is 392 g/mol. The first kappa shape index (κ1) is 18.8. The Balaban J connectivity index is 1.92. The summed E-state index contributed by atoms with van der Waals surface area (Å²) in [6, 6.07) is 33.2. The summed E-state index contributed by atoms with van der Waals surface area (Å²) in [5, 5.41) is 24.6. The van der Waals surface area contributed by atoms with Crippen LogP contribution in [0, 0.1) is 0 Å². The first-order chi connectivity index (χ1) is 14.6. The van der Waals surface area contributed by atoms with Crippen molar-refractivity contribution in [3.63, 3.8) is 0 Å². The Morgan fingerprint density at radius 1 is 0.533 bits per heavy atom. The molecule has 148 valence electrons. The van der Waals surface area contributed by atoms with E-state index in [9.17, 15) is 10.2 Å². The van der Waals surface area contributed by atoms with Crippen LogP contribution in [0.25, 0.3) is 0 Å². The smallest absolute Gasteiger partial charge is 0.141 e. The van der Waals surface area contributed by atoms with Crippen LogP contribution >= 0.6 is 0 Å². The molecule has 0 spiro atoms. The van der Waals surface area contributed by atoms with E-state index in [1.807, 2.05) is 103 Å². The lowest BCUT2D eigenvalue weighted by atomic mass is 9.63. The number of hydrogen-bond donors (Lipinski definition) is 2. The zero-order valence-electron chi connectivity index (χ0n) is 16.9. The summed E-state index contributed by atoms with van der Waals surface area (Å²) in [6.07, 6.45) is 0.851. The molecule has 0 aliphatic heterocycles. The maximum atomic E-state index is 12.3. The molecule has 0 saturated carbocycles. The van der Waals surface area contributed by atoms with Gasteiger partial charge in [-0.15, -0.1) is 0 Å². The first-order valence-electron chi connectivity index (χ1n) is 10.4. The summed E-state index contributed by atoms with van der Waals surface area (Å²) in [5.74, 6) is 0. The lowest BCUT2D eigenvalue weighted by Crippen LogP contribution is -2.44. The molecule has 0 radical (unpaired) electrons. The van der Waals surface area contributed by atoms with Gasteiger partial charge in [-0.25, -0.2) is 0 Å². The summed E-state index contributed by atoms with van der Waals surface area (Å²) in [5.41, 5.74) is 2.88. The summed E-state index contributed by atoms with van der Waals surface area (Å²) >= 11 is 0. The van der Waals surface area contributed by atoms with Gasteiger partial charge in [-0.1, -0.05) is 110 Å². The largest absolute Gasteiger partial charge is 0.376 e. The molecule has 2 N–H and O–H groups in total. The highest BCUT2D eigenvalue weighted by Gasteiger charge is 2.50. The third-order valence-corrected chi connectivity index (χ3v) is 6.36. The van der Waals surface area contributed by atoms with Gasteiger partial charge in [-0.3, -0.25) is 0 Å². The van der Waals surface area contributed by atoms with Gasteiger partial charge in [0, 0.05) is 0 Å². The summed E-state index contributed by atoms with van der Waals surface area (Å²) in [6.45, 7) is 2.10. The van der Waals surface area contributed by atoms with Crippen LogP contribution in [0.5, 0.6) is 0 Å².